The van der Waals surface area contributed by atoms with E-state index in [1.807, 2.05) is 20.8 Å². The molecule has 2 aromatic rings. The Labute approximate surface area is 145 Å². The predicted molar refractivity (Wildman–Crippen MR) is 91.4 cm³/mol. The smallest absolute Gasteiger partial charge is 0.228 e. The van der Waals surface area contributed by atoms with Crippen LogP contribution < -0.4 is 10.6 Å². The van der Waals surface area contributed by atoms with Crippen LogP contribution in [-0.2, 0) is 6.42 Å². The number of aromatic nitrogens is 2. The van der Waals surface area contributed by atoms with Crippen molar-refractivity contribution in [2.45, 2.75) is 39.2 Å². The summed E-state index contributed by atoms with van der Waals surface area (Å²) in [6.45, 7) is 6.38. The summed E-state index contributed by atoms with van der Waals surface area (Å²) in [7, 11) is 1.64. The number of rotatable bonds is 6. The van der Waals surface area contributed by atoms with Crippen molar-refractivity contribution < 1.29 is 13.3 Å². The molecule has 136 valence electrons. The highest BCUT2D eigenvalue weighted by Crippen LogP contribution is 2.15. The van der Waals surface area contributed by atoms with E-state index in [1.165, 1.54) is 12.1 Å². The van der Waals surface area contributed by atoms with Gasteiger partial charge in [0, 0.05) is 25.9 Å². The first-order chi connectivity index (χ1) is 11.9. The molecule has 8 heteroatoms. The maximum atomic E-state index is 13.3. The fraction of sp³-hybridized carbons (Fsp3) is 0.471. The number of aliphatic imine (C=N–C) groups is 1. The monoisotopic (exact) mass is 351 g/mol. The zero-order valence-electron chi connectivity index (χ0n) is 14.8. The molecule has 0 bridgehead atoms. The molecule has 1 aromatic heterocycles. The van der Waals surface area contributed by atoms with E-state index in [0.717, 1.165) is 6.07 Å². The van der Waals surface area contributed by atoms with E-state index in [4.69, 9.17) is 4.52 Å². The minimum atomic E-state index is -0.869. The fourth-order valence-electron chi connectivity index (χ4n) is 2.16. The minimum Gasteiger partial charge on any atom is -0.356 e. The topological polar surface area (TPSA) is 75.3 Å². The van der Waals surface area contributed by atoms with Crippen molar-refractivity contribution in [3.8, 4) is 0 Å². The van der Waals surface area contributed by atoms with Crippen LogP contribution in [0.3, 0.4) is 0 Å². The van der Waals surface area contributed by atoms with Crippen LogP contribution in [-0.4, -0.2) is 29.7 Å². The van der Waals surface area contributed by atoms with Gasteiger partial charge < -0.3 is 15.2 Å². The second kappa shape index (κ2) is 8.55. The third-order valence-electron chi connectivity index (χ3n) is 3.65. The van der Waals surface area contributed by atoms with E-state index in [2.05, 4.69) is 25.8 Å². The molecule has 0 aliphatic rings. The summed E-state index contributed by atoms with van der Waals surface area (Å²) < 4.78 is 31.5. The van der Waals surface area contributed by atoms with Crippen LogP contribution >= 0.6 is 0 Å². The predicted octanol–water partition coefficient (Wildman–Crippen LogP) is 2.94. The third kappa shape index (κ3) is 5.23. The summed E-state index contributed by atoms with van der Waals surface area (Å²) in [4.78, 5) is 8.42. The van der Waals surface area contributed by atoms with Crippen LogP contribution in [0, 0.1) is 11.6 Å². The standard InChI is InChI=1S/C17H23F2N5O/c1-10(2)16-23-15(25-24-16)7-8-21-17(20-4)22-11(3)12-5-6-13(18)14(19)9-12/h5-6,9-11H,7-8H2,1-4H3,(H2,20,21,22). The van der Waals surface area contributed by atoms with Crippen molar-refractivity contribution >= 4 is 5.96 Å². The summed E-state index contributed by atoms with van der Waals surface area (Å²) in [5, 5.41) is 10.2. The van der Waals surface area contributed by atoms with Gasteiger partial charge in [-0.25, -0.2) is 8.78 Å². The van der Waals surface area contributed by atoms with Gasteiger partial charge in [-0.3, -0.25) is 4.99 Å². The first kappa shape index (κ1) is 18.8. The SMILES string of the molecule is CN=C(NCCc1nc(C(C)C)no1)NC(C)c1ccc(F)c(F)c1. The molecular weight excluding hydrogens is 328 g/mol. The summed E-state index contributed by atoms with van der Waals surface area (Å²) in [5.41, 5.74) is 0.625. The number of benzene rings is 1. The molecule has 0 amide bonds. The van der Waals surface area contributed by atoms with Crippen LogP contribution in [0.2, 0.25) is 0 Å². The number of hydrogen-bond acceptors (Lipinski definition) is 4. The van der Waals surface area contributed by atoms with Crippen molar-refractivity contribution in [3.63, 3.8) is 0 Å². The molecule has 2 rings (SSSR count). The highest BCUT2D eigenvalue weighted by molar-refractivity contribution is 5.80. The van der Waals surface area contributed by atoms with Crippen LogP contribution in [0.4, 0.5) is 8.78 Å². The van der Waals surface area contributed by atoms with E-state index in [9.17, 15) is 8.78 Å². The van der Waals surface area contributed by atoms with Gasteiger partial charge in [-0.1, -0.05) is 25.1 Å². The van der Waals surface area contributed by atoms with Crippen molar-refractivity contribution in [2.75, 3.05) is 13.6 Å². The Kier molecular flexibility index (Phi) is 6.44. The van der Waals surface area contributed by atoms with Crippen molar-refractivity contribution in [1.29, 1.82) is 0 Å². The first-order valence-corrected chi connectivity index (χ1v) is 8.15. The van der Waals surface area contributed by atoms with Crippen molar-refractivity contribution in [2.24, 2.45) is 4.99 Å². The molecule has 0 saturated heterocycles. The molecule has 1 unspecified atom stereocenters. The van der Waals surface area contributed by atoms with Crippen LogP contribution in [0.1, 0.15) is 50.0 Å². The van der Waals surface area contributed by atoms with E-state index in [-0.39, 0.29) is 12.0 Å². The number of guanidine groups is 1. The van der Waals surface area contributed by atoms with Crippen LogP contribution in [0.15, 0.2) is 27.7 Å². The van der Waals surface area contributed by atoms with Crippen molar-refractivity contribution in [3.05, 3.63) is 47.1 Å². The molecule has 1 atom stereocenters. The molecule has 0 radical (unpaired) electrons. The highest BCUT2D eigenvalue weighted by Gasteiger charge is 2.12. The average Bonchev–Trinajstić information content (AvgIpc) is 3.05. The minimum absolute atomic E-state index is 0.219. The first-order valence-electron chi connectivity index (χ1n) is 8.15. The van der Waals surface area contributed by atoms with Gasteiger partial charge in [0.05, 0.1) is 6.04 Å². The molecule has 1 heterocycles. The van der Waals surface area contributed by atoms with Gasteiger partial charge in [0.15, 0.2) is 23.4 Å². The van der Waals surface area contributed by atoms with Crippen LogP contribution in [0.25, 0.3) is 0 Å². The number of nitrogens with one attached hydrogen (secondary N) is 2. The van der Waals surface area contributed by atoms with Crippen molar-refractivity contribution in [1.82, 2.24) is 20.8 Å². The maximum absolute atomic E-state index is 13.3. The van der Waals surface area contributed by atoms with Gasteiger partial charge in [-0.2, -0.15) is 4.98 Å². The fourth-order valence-corrected chi connectivity index (χ4v) is 2.16. The summed E-state index contributed by atoms with van der Waals surface area (Å²) >= 11 is 0. The maximum Gasteiger partial charge on any atom is 0.228 e. The lowest BCUT2D eigenvalue weighted by molar-refractivity contribution is 0.371. The molecule has 0 spiro atoms. The molecule has 1 aromatic carbocycles. The summed E-state index contributed by atoms with van der Waals surface area (Å²) in [6, 6.07) is 3.58. The van der Waals surface area contributed by atoms with Gasteiger partial charge in [-0.15, -0.1) is 0 Å². The Hall–Kier alpha value is -2.51. The Morgan fingerprint density at radius 1 is 1.24 bits per heavy atom. The molecule has 0 aliphatic carbocycles. The van der Waals surface area contributed by atoms with E-state index < -0.39 is 11.6 Å². The zero-order valence-corrected chi connectivity index (χ0v) is 14.8. The summed E-state index contributed by atoms with van der Waals surface area (Å²) in [6.07, 6.45) is 0.556. The number of halogens is 2. The van der Waals surface area contributed by atoms with E-state index >= 15 is 0 Å². The lowest BCUT2D eigenvalue weighted by Crippen LogP contribution is -2.39. The molecule has 0 saturated carbocycles. The van der Waals surface area contributed by atoms with Gasteiger partial charge in [0.1, 0.15) is 0 Å². The van der Waals surface area contributed by atoms with E-state index in [0.29, 0.717) is 36.2 Å². The molecule has 2 N–H and O–H groups in total. The Balaban J connectivity index is 1.86. The quantitative estimate of drug-likeness (QED) is 0.618. The van der Waals surface area contributed by atoms with Gasteiger partial charge in [-0.05, 0) is 24.6 Å². The Morgan fingerprint density at radius 3 is 2.60 bits per heavy atom. The molecule has 0 aliphatic heterocycles. The molecule has 25 heavy (non-hydrogen) atoms. The van der Waals surface area contributed by atoms with Gasteiger partial charge in [0.25, 0.3) is 0 Å². The van der Waals surface area contributed by atoms with Gasteiger partial charge >= 0.3 is 0 Å². The summed E-state index contributed by atoms with van der Waals surface area (Å²) in [5.74, 6) is 0.271. The van der Waals surface area contributed by atoms with E-state index in [1.54, 1.807) is 7.05 Å². The average molecular weight is 351 g/mol. The Bertz CT molecular complexity index is 730. The third-order valence-corrected chi connectivity index (χ3v) is 3.65. The van der Waals surface area contributed by atoms with Crippen LogP contribution in [0.5, 0.6) is 0 Å². The second-order valence-electron chi connectivity index (χ2n) is 5.99. The normalized spacial score (nSPS) is 13.2. The number of hydrogen-bond donors (Lipinski definition) is 2. The lowest BCUT2D eigenvalue weighted by Gasteiger charge is -2.18. The molecule has 0 fully saturated rings. The van der Waals surface area contributed by atoms with Gasteiger partial charge in [0.2, 0.25) is 5.89 Å². The molecular formula is C17H23F2N5O. The largest absolute Gasteiger partial charge is 0.356 e. The zero-order chi connectivity index (χ0) is 18.4. The second-order valence-corrected chi connectivity index (χ2v) is 5.99. The highest BCUT2D eigenvalue weighted by atomic mass is 19.2. The molecule has 6 nitrogen and oxygen atoms in total. The lowest BCUT2D eigenvalue weighted by atomic mass is 10.1. The Morgan fingerprint density at radius 2 is 2.00 bits per heavy atom. The number of nitrogens with zero attached hydrogens (tertiary/aromatic N) is 3.